The van der Waals surface area contributed by atoms with Crippen LogP contribution >= 0.6 is 0 Å². The maximum Gasteiger partial charge on any atom is 0.330 e. The summed E-state index contributed by atoms with van der Waals surface area (Å²) >= 11 is 0. The lowest BCUT2D eigenvalue weighted by Crippen LogP contribution is -2.53. The van der Waals surface area contributed by atoms with Crippen molar-refractivity contribution in [2.24, 2.45) is 11.8 Å². The highest BCUT2D eigenvalue weighted by Crippen LogP contribution is 2.45. The molecule has 1 aromatic heterocycles. The summed E-state index contributed by atoms with van der Waals surface area (Å²) in [6.07, 6.45) is 9.14. The standard InChI is InChI=1S/C26H32N6O4/c1-17-10-6-3-2-4-9-13-19-15-26(19,25(35)36)27-23(33)21-14-20(16-31(21)24(17)34)32-29-22(28-30-32)18-11-7-5-8-12-18/h5,7-9,11-13,17,19-21H,2-4,6,10,14-16H2,1H3,(H,27,33)(H,35,36)/b13-9-/t17-,19+,20+,21-,26+/m0/s1. The van der Waals surface area contributed by atoms with Crippen LogP contribution in [0.3, 0.4) is 0 Å². The fraction of sp³-hybridized carbons (Fsp3) is 0.538. The third-order valence-corrected chi connectivity index (χ3v) is 7.69. The SMILES string of the molecule is C[C@H]1CCCCC/C=C\[C@@H]2C[C@@]2(C(=O)O)NC(=O)[C@@H]2C[C@@H](n3nnc(-c4ccccc4)n3)CN2C1=O. The van der Waals surface area contributed by atoms with Crippen LogP contribution in [0.1, 0.15) is 57.9 Å². The van der Waals surface area contributed by atoms with Crippen LogP contribution in [0.5, 0.6) is 0 Å². The zero-order valence-corrected chi connectivity index (χ0v) is 20.4. The van der Waals surface area contributed by atoms with Crippen molar-refractivity contribution in [1.82, 2.24) is 30.4 Å². The molecule has 190 valence electrons. The van der Waals surface area contributed by atoms with Crippen molar-refractivity contribution < 1.29 is 19.5 Å². The number of benzene rings is 1. The molecule has 2 amide bonds. The van der Waals surface area contributed by atoms with Crippen LogP contribution in [-0.4, -0.2) is 66.1 Å². The van der Waals surface area contributed by atoms with Gasteiger partial charge in [0.2, 0.25) is 17.6 Å². The van der Waals surface area contributed by atoms with E-state index in [1.54, 1.807) is 4.90 Å². The van der Waals surface area contributed by atoms with Crippen LogP contribution in [-0.2, 0) is 14.4 Å². The Labute approximate surface area is 209 Å². The maximum atomic E-state index is 13.5. The average molecular weight is 493 g/mol. The van der Waals surface area contributed by atoms with Crippen LogP contribution in [0.15, 0.2) is 42.5 Å². The minimum atomic E-state index is -1.31. The van der Waals surface area contributed by atoms with E-state index >= 15 is 0 Å². The number of carboxylic acids is 1. The molecule has 1 saturated carbocycles. The molecule has 2 aromatic rings. The summed E-state index contributed by atoms with van der Waals surface area (Å²) in [6, 6.07) is 8.36. The number of carboxylic acid groups (broad SMARTS) is 1. The number of allylic oxidation sites excluding steroid dienone is 1. The van der Waals surface area contributed by atoms with E-state index in [1.165, 1.54) is 4.80 Å². The van der Waals surface area contributed by atoms with Gasteiger partial charge in [-0.1, -0.05) is 62.2 Å². The van der Waals surface area contributed by atoms with Crippen LogP contribution in [0.2, 0.25) is 0 Å². The monoisotopic (exact) mass is 492 g/mol. The molecule has 0 bridgehead atoms. The summed E-state index contributed by atoms with van der Waals surface area (Å²) < 4.78 is 0. The van der Waals surface area contributed by atoms with Gasteiger partial charge in [-0.3, -0.25) is 9.59 Å². The molecule has 2 fully saturated rings. The van der Waals surface area contributed by atoms with E-state index in [0.717, 1.165) is 37.7 Å². The average Bonchev–Trinajstić information content (AvgIpc) is 3.22. The number of amides is 2. The molecule has 3 heterocycles. The van der Waals surface area contributed by atoms with E-state index in [1.807, 2.05) is 49.4 Å². The van der Waals surface area contributed by atoms with E-state index in [4.69, 9.17) is 0 Å². The first-order valence-corrected chi connectivity index (χ1v) is 12.8. The maximum absolute atomic E-state index is 13.5. The first kappa shape index (κ1) is 24.1. The molecule has 36 heavy (non-hydrogen) atoms. The van der Waals surface area contributed by atoms with Gasteiger partial charge in [0.1, 0.15) is 11.6 Å². The topological polar surface area (TPSA) is 130 Å². The third kappa shape index (κ3) is 4.64. The summed E-state index contributed by atoms with van der Waals surface area (Å²) in [6.45, 7) is 2.18. The van der Waals surface area contributed by atoms with Crippen molar-refractivity contribution in [3.05, 3.63) is 42.5 Å². The summed E-state index contributed by atoms with van der Waals surface area (Å²) in [4.78, 5) is 42.2. The van der Waals surface area contributed by atoms with Gasteiger partial charge in [0.15, 0.2) is 0 Å². The minimum Gasteiger partial charge on any atom is -0.479 e. The minimum absolute atomic E-state index is 0.0919. The van der Waals surface area contributed by atoms with Crippen molar-refractivity contribution in [3.63, 3.8) is 0 Å². The van der Waals surface area contributed by atoms with Crippen molar-refractivity contribution in [1.29, 1.82) is 0 Å². The van der Waals surface area contributed by atoms with Gasteiger partial charge in [-0.2, -0.15) is 4.80 Å². The molecule has 1 aliphatic carbocycles. The lowest BCUT2D eigenvalue weighted by atomic mass is 10.0. The Kier molecular flexibility index (Phi) is 6.59. The molecule has 0 spiro atoms. The first-order valence-electron chi connectivity index (χ1n) is 12.8. The quantitative estimate of drug-likeness (QED) is 0.630. The van der Waals surface area contributed by atoms with Gasteiger partial charge in [-0.15, -0.1) is 10.2 Å². The van der Waals surface area contributed by atoms with E-state index in [0.29, 0.717) is 18.7 Å². The predicted molar refractivity (Wildman–Crippen MR) is 130 cm³/mol. The fourth-order valence-corrected chi connectivity index (χ4v) is 5.38. The Bertz CT molecular complexity index is 1160. The molecule has 10 heteroatoms. The number of hydrogen-bond donors (Lipinski definition) is 2. The second-order valence-electron chi connectivity index (χ2n) is 10.2. The molecule has 3 aliphatic rings. The highest BCUT2D eigenvalue weighted by Gasteiger charge is 2.61. The Morgan fingerprint density at radius 2 is 1.97 bits per heavy atom. The van der Waals surface area contributed by atoms with Gasteiger partial charge < -0.3 is 15.3 Å². The molecule has 10 nitrogen and oxygen atoms in total. The number of carbonyl (C=O) groups is 3. The highest BCUT2D eigenvalue weighted by molar-refractivity contribution is 5.95. The van der Waals surface area contributed by atoms with E-state index in [-0.39, 0.29) is 30.3 Å². The third-order valence-electron chi connectivity index (χ3n) is 7.69. The van der Waals surface area contributed by atoms with E-state index in [9.17, 15) is 19.5 Å². The summed E-state index contributed by atoms with van der Waals surface area (Å²) in [5.74, 6) is -1.57. The molecule has 0 unspecified atom stereocenters. The molecule has 5 rings (SSSR count). The first-order chi connectivity index (χ1) is 17.4. The van der Waals surface area contributed by atoms with Gasteiger partial charge >= 0.3 is 5.97 Å². The lowest BCUT2D eigenvalue weighted by Gasteiger charge is -2.28. The number of fused-ring (bicyclic) bond motifs is 2. The number of rotatable bonds is 3. The van der Waals surface area contributed by atoms with Crippen molar-refractivity contribution in [2.75, 3.05) is 6.54 Å². The van der Waals surface area contributed by atoms with Gasteiger partial charge in [0, 0.05) is 30.4 Å². The van der Waals surface area contributed by atoms with Gasteiger partial charge in [0.05, 0.1) is 6.04 Å². The van der Waals surface area contributed by atoms with Crippen molar-refractivity contribution >= 4 is 17.8 Å². The van der Waals surface area contributed by atoms with Crippen molar-refractivity contribution in [3.8, 4) is 11.4 Å². The van der Waals surface area contributed by atoms with Crippen LogP contribution in [0.4, 0.5) is 0 Å². The highest BCUT2D eigenvalue weighted by atomic mass is 16.4. The van der Waals surface area contributed by atoms with Crippen LogP contribution < -0.4 is 5.32 Å². The number of nitrogens with one attached hydrogen (secondary N) is 1. The molecule has 2 N–H and O–H groups in total. The molecule has 1 saturated heterocycles. The van der Waals surface area contributed by atoms with Crippen molar-refractivity contribution in [2.45, 2.75) is 69.5 Å². The second kappa shape index (κ2) is 9.83. The second-order valence-corrected chi connectivity index (χ2v) is 10.2. The number of aliphatic carboxylic acids is 1. The number of nitrogens with zero attached hydrogens (tertiary/aromatic N) is 5. The number of aromatic nitrogens is 4. The zero-order valence-electron chi connectivity index (χ0n) is 20.4. The number of hydrogen-bond acceptors (Lipinski definition) is 6. The molecule has 0 radical (unpaired) electrons. The fourth-order valence-electron chi connectivity index (χ4n) is 5.38. The largest absolute Gasteiger partial charge is 0.479 e. The molecular formula is C26H32N6O4. The van der Waals surface area contributed by atoms with E-state index in [2.05, 4.69) is 20.7 Å². The van der Waals surface area contributed by atoms with Crippen LogP contribution in [0.25, 0.3) is 11.4 Å². The Balaban J connectivity index is 1.41. The number of carbonyl (C=O) groups excluding carboxylic acids is 2. The molecule has 1 aromatic carbocycles. The van der Waals surface area contributed by atoms with Crippen LogP contribution in [0, 0.1) is 11.8 Å². The molecule has 5 atom stereocenters. The smallest absolute Gasteiger partial charge is 0.330 e. The lowest BCUT2D eigenvalue weighted by molar-refractivity contribution is -0.146. The number of tetrazole rings is 1. The Morgan fingerprint density at radius 1 is 1.17 bits per heavy atom. The summed E-state index contributed by atoms with van der Waals surface area (Å²) in [5, 5.41) is 25.6. The zero-order chi connectivity index (χ0) is 25.3. The Hall–Kier alpha value is -3.56. The normalized spacial score (nSPS) is 32.0. The summed E-state index contributed by atoms with van der Waals surface area (Å²) in [7, 11) is 0. The van der Waals surface area contributed by atoms with Gasteiger partial charge in [0.25, 0.3) is 0 Å². The molecular weight excluding hydrogens is 460 g/mol. The van der Waals surface area contributed by atoms with Gasteiger partial charge in [-0.05, 0) is 30.9 Å². The predicted octanol–water partition coefficient (Wildman–Crippen LogP) is 2.60. The summed E-state index contributed by atoms with van der Waals surface area (Å²) in [5.41, 5.74) is -0.478. The molecule has 2 aliphatic heterocycles. The Morgan fingerprint density at radius 3 is 2.75 bits per heavy atom. The van der Waals surface area contributed by atoms with E-state index < -0.39 is 23.5 Å². The van der Waals surface area contributed by atoms with Gasteiger partial charge in [-0.25, -0.2) is 4.79 Å².